The molecule has 1 rings (SSSR count). The SMILES string of the molecule is CN(CCCCS)c1ccc(C#N)cc1. The van der Waals surface area contributed by atoms with Crippen LogP contribution in [-0.2, 0) is 0 Å². The molecular formula is C12H16N2S. The number of rotatable bonds is 5. The van der Waals surface area contributed by atoms with E-state index in [-0.39, 0.29) is 0 Å². The lowest BCUT2D eigenvalue weighted by atomic mass is 10.2. The van der Waals surface area contributed by atoms with E-state index < -0.39 is 0 Å². The van der Waals surface area contributed by atoms with E-state index in [9.17, 15) is 0 Å². The van der Waals surface area contributed by atoms with Crippen LogP contribution in [-0.4, -0.2) is 19.3 Å². The minimum atomic E-state index is 0.711. The van der Waals surface area contributed by atoms with Gasteiger partial charge in [-0.25, -0.2) is 0 Å². The molecule has 0 bridgehead atoms. The average Bonchev–Trinajstić information content (AvgIpc) is 2.29. The van der Waals surface area contributed by atoms with Crippen LogP contribution in [0.1, 0.15) is 18.4 Å². The molecule has 1 aromatic carbocycles. The van der Waals surface area contributed by atoms with Gasteiger partial charge in [0.2, 0.25) is 0 Å². The van der Waals surface area contributed by atoms with Crippen molar-refractivity contribution in [3.63, 3.8) is 0 Å². The normalized spacial score (nSPS) is 9.67. The highest BCUT2D eigenvalue weighted by molar-refractivity contribution is 7.80. The summed E-state index contributed by atoms with van der Waals surface area (Å²) in [5.74, 6) is 0.946. The van der Waals surface area contributed by atoms with E-state index in [0.29, 0.717) is 5.56 Å². The van der Waals surface area contributed by atoms with Crippen LogP contribution in [0.5, 0.6) is 0 Å². The second-order valence-corrected chi connectivity index (χ2v) is 3.96. The molecule has 0 heterocycles. The summed E-state index contributed by atoms with van der Waals surface area (Å²) < 4.78 is 0. The zero-order chi connectivity index (χ0) is 11.1. The molecule has 0 atom stereocenters. The zero-order valence-corrected chi connectivity index (χ0v) is 9.87. The fraction of sp³-hybridized carbons (Fsp3) is 0.417. The van der Waals surface area contributed by atoms with E-state index in [4.69, 9.17) is 5.26 Å². The van der Waals surface area contributed by atoms with Crippen molar-refractivity contribution < 1.29 is 0 Å². The number of hydrogen-bond acceptors (Lipinski definition) is 3. The number of unbranched alkanes of at least 4 members (excludes halogenated alkanes) is 1. The highest BCUT2D eigenvalue weighted by Crippen LogP contribution is 2.13. The Morgan fingerprint density at radius 3 is 2.47 bits per heavy atom. The molecule has 80 valence electrons. The first-order valence-corrected chi connectivity index (χ1v) is 5.73. The molecule has 0 amide bonds. The first-order valence-electron chi connectivity index (χ1n) is 5.10. The van der Waals surface area contributed by atoms with Gasteiger partial charge in [0.05, 0.1) is 11.6 Å². The maximum atomic E-state index is 8.67. The van der Waals surface area contributed by atoms with E-state index in [2.05, 4.69) is 30.6 Å². The maximum absolute atomic E-state index is 8.67. The van der Waals surface area contributed by atoms with E-state index in [1.165, 1.54) is 0 Å². The number of hydrogen-bond donors (Lipinski definition) is 1. The first-order chi connectivity index (χ1) is 7.27. The number of thiol groups is 1. The molecule has 0 radical (unpaired) electrons. The topological polar surface area (TPSA) is 27.0 Å². The minimum Gasteiger partial charge on any atom is -0.375 e. The lowest BCUT2D eigenvalue weighted by molar-refractivity contribution is 0.773. The van der Waals surface area contributed by atoms with Crippen LogP contribution in [0.15, 0.2) is 24.3 Å². The fourth-order valence-corrected chi connectivity index (χ4v) is 1.60. The van der Waals surface area contributed by atoms with Crippen LogP contribution < -0.4 is 4.90 Å². The van der Waals surface area contributed by atoms with E-state index >= 15 is 0 Å². The molecule has 0 aliphatic rings. The molecule has 0 aliphatic carbocycles. The molecule has 0 saturated heterocycles. The summed E-state index contributed by atoms with van der Waals surface area (Å²) in [6.07, 6.45) is 2.30. The molecular weight excluding hydrogens is 204 g/mol. The molecule has 0 unspecified atom stereocenters. The summed E-state index contributed by atoms with van der Waals surface area (Å²) in [5, 5.41) is 8.67. The number of benzene rings is 1. The Morgan fingerprint density at radius 1 is 1.27 bits per heavy atom. The van der Waals surface area contributed by atoms with E-state index in [1.54, 1.807) is 0 Å². The standard InChI is InChI=1S/C12H16N2S/c1-14(8-2-3-9-15)12-6-4-11(10-13)5-7-12/h4-7,15H,2-3,8-9H2,1H3. The van der Waals surface area contributed by atoms with Gasteiger partial charge in [0.1, 0.15) is 0 Å². The first kappa shape index (κ1) is 11.9. The lowest BCUT2D eigenvalue weighted by Crippen LogP contribution is -2.18. The smallest absolute Gasteiger partial charge is 0.0991 e. The summed E-state index contributed by atoms with van der Waals surface area (Å²) >= 11 is 4.18. The lowest BCUT2D eigenvalue weighted by Gasteiger charge is -2.18. The molecule has 0 saturated carbocycles. The van der Waals surface area contributed by atoms with Gasteiger partial charge in [0, 0.05) is 19.3 Å². The summed E-state index contributed by atoms with van der Waals surface area (Å²) in [4.78, 5) is 2.20. The zero-order valence-electron chi connectivity index (χ0n) is 8.98. The van der Waals surface area contributed by atoms with E-state index in [0.717, 1.165) is 30.8 Å². The number of anilines is 1. The second kappa shape index (κ2) is 6.36. The third-order valence-electron chi connectivity index (χ3n) is 2.34. The van der Waals surface area contributed by atoms with Crippen LogP contribution in [0.4, 0.5) is 5.69 Å². The Bertz CT molecular complexity index is 326. The number of nitrogens with zero attached hydrogens (tertiary/aromatic N) is 2. The van der Waals surface area contributed by atoms with Crippen LogP contribution in [0.3, 0.4) is 0 Å². The highest BCUT2D eigenvalue weighted by Gasteiger charge is 1.99. The van der Waals surface area contributed by atoms with Gasteiger partial charge in [-0.05, 0) is 42.9 Å². The maximum Gasteiger partial charge on any atom is 0.0991 e. The van der Waals surface area contributed by atoms with Crippen molar-refractivity contribution in [3.05, 3.63) is 29.8 Å². The fourth-order valence-electron chi connectivity index (χ4n) is 1.38. The molecule has 0 spiro atoms. The Labute approximate surface area is 96.9 Å². The van der Waals surface area contributed by atoms with Crippen LogP contribution in [0.25, 0.3) is 0 Å². The molecule has 0 aliphatic heterocycles. The molecule has 0 fully saturated rings. The third-order valence-corrected chi connectivity index (χ3v) is 2.66. The van der Waals surface area contributed by atoms with Crippen LogP contribution in [0.2, 0.25) is 0 Å². The molecule has 0 N–H and O–H groups in total. The molecule has 1 aromatic rings. The summed E-state index contributed by atoms with van der Waals surface area (Å²) in [5.41, 5.74) is 1.87. The van der Waals surface area contributed by atoms with Crippen molar-refractivity contribution >= 4 is 18.3 Å². The Morgan fingerprint density at radius 2 is 1.93 bits per heavy atom. The van der Waals surface area contributed by atoms with Gasteiger partial charge >= 0.3 is 0 Å². The van der Waals surface area contributed by atoms with Gasteiger partial charge in [-0.2, -0.15) is 17.9 Å². The predicted octanol–water partition coefficient (Wildman–Crippen LogP) is 2.70. The molecule has 0 aromatic heterocycles. The van der Waals surface area contributed by atoms with Gasteiger partial charge in [-0.15, -0.1) is 0 Å². The molecule has 2 nitrogen and oxygen atoms in total. The molecule has 3 heteroatoms. The summed E-state index contributed by atoms with van der Waals surface area (Å²) in [6, 6.07) is 9.79. The third kappa shape index (κ3) is 3.85. The van der Waals surface area contributed by atoms with Crippen molar-refractivity contribution in [3.8, 4) is 6.07 Å². The van der Waals surface area contributed by atoms with Gasteiger partial charge in [-0.3, -0.25) is 0 Å². The summed E-state index contributed by atoms with van der Waals surface area (Å²) in [7, 11) is 2.07. The Balaban J connectivity index is 2.51. The van der Waals surface area contributed by atoms with Crippen molar-refractivity contribution in [1.29, 1.82) is 5.26 Å². The Hall–Kier alpha value is -1.14. The van der Waals surface area contributed by atoms with Crippen LogP contribution in [0, 0.1) is 11.3 Å². The quantitative estimate of drug-likeness (QED) is 0.610. The van der Waals surface area contributed by atoms with Crippen LogP contribution >= 0.6 is 12.6 Å². The van der Waals surface area contributed by atoms with Gasteiger partial charge in [0.25, 0.3) is 0 Å². The van der Waals surface area contributed by atoms with Crippen molar-refractivity contribution in [1.82, 2.24) is 0 Å². The predicted molar refractivity (Wildman–Crippen MR) is 67.5 cm³/mol. The van der Waals surface area contributed by atoms with Crippen molar-refractivity contribution in [2.24, 2.45) is 0 Å². The average molecular weight is 220 g/mol. The monoisotopic (exact) mass is 220 g/mol. The highest BCUT2D eigenvalue weighted by atomic mass is 32.1. The van der Waals surface area contributed by atoms with Gasteiger partial charge in [-0.1, -0.05) is 0 Å². The van der Waals surface area contributed by atoms with E-state index in [1.807, 2.05) is 24.3 Å². The van der Waals surface area contributed by atoms with Crippen molar-refractivity contribution in [2.45, 2.75) is 12.8 Å². The number of nitriles is 1. The largest absolute Gasteiger partial charge is 0.375 e. The second-order valence-electron chi connectivity index (χ2n) is 3.51. The summed E-state index contributed by atoms with van der Waals surface area (Å²) in [6.45, 7) is 1.03. The molecule has 15 heavy (non-hydrogen) atoms. The Kier molecular flexibility index (Phi) is 5.06. The van der Waals surface area contributed by atoms with Gasteiger partial charge < -0.3 is 4.90 Å². The van der Waals surface area contributed by atoms with Crippen molar-refractivity contribution in [2.75, 3.05) is 24.2 Å². The van der Waals surface area contributed by atoms with Gasteiger partial charge in [0.15, 0.2) is 0 Å². The minimum absolute atomic E-state index is 0.711.